The minimum Gasteiger partial charge on any atom is -0.461 e. The van der Waals surface area contributed by atoms with Crippen LogP contribution in [0.3, 0.4) is 0 Å². The van der Waals surface area contributed by atoms with Gasteiger partial charge >= 0.3 is 5.97 Å². The van der Waals surface area contributed by atoms with Crippen LogP contribution < -0.4 is 5.43 Å². The van der Waals surface area contributed by atoms with Crippen molar-refractivity contribution in [3.63, 3.8) is 0 Å². The fourth-order valence-corrected chi connectivity index (χ4v) is 1.45. The molecule has 0 aliphatic rings. The molecule has 0 aromatic carbocycles. The van der Waals surface area contributed by atoms with Gasteiger partial charge in [0.15, 0.2) is 0 Å². The molecule has 0 saturated heterocycles. The molecule has 15 heavy (non-hydrogen) atoms. The molecule has 1 heterocycles. The molecular weight excluding hydrogens is 214 g/mol. The molecule has 1 N–H and O–H groups in total. The third-order valence-electron chi connectivity index (χ3n) is 1.51. The maximum atomic E-state index is 11.2. The summed E-state index contributed by atoms with van der Waals surface area (Å²) in [6.07, 6.45) is 0. The molecule has 0 atom stereocenters. The van der Waals surface area contributed by atoms with E-state index in [4.69, 9.17) is 4.74 Å². The van der Waals surface area contributed by atoms with E-state index in [-0.39, 0.29) is 5.71 Å². The quantitative estimate of drug-likeness (QED) is 0.484. The Kier molecular flexibility index (Phi) is 4.23. The van der Waals surface area contributed by atoms with Crippen LogP contribution >= 0.6 is 11.3 Å². The summed E-state index contributed by atoms with van der Waals surface area (Å²) in [4.78, 5) is 15.3. The first kappa shape index (κ1) is 11.6. The van der Waals surface area contributed by atoms with Gasteiger partial charge < -0.3 is 4.74 Å². The Morgan fingerprint density at radius 1 is 1.73 bits per heavy atom. The number of thiazole rings is 1. The highest BCUT2D eigenvalue weighted by atomic mass is 32.1. The fraction of sp³-hybridized carbons (Fsp3) is 0.444. The minimum atomic E-state index is -0.418. The number of hydrogen-bond acceptors (Lipinski definition) is 6. The second-order valence-corrected chi connectivity index (χ2v) is 3.68. The van der Waals surface area contributed by atoms with Crippen molar-refractivity contribution in [1.29, 1.82) is 0 Å². The summed E-state index contributed by atoms with van der Waals surface area (Å²) in [7, 11) is 0. The number of nitrogens with one attached hydrogen (secondary N) is 1. The number of carbonyl (C=O) groups excluding carboxylic acids is 1. The van der Waals surface area contributed by atoms with Crippen LogP contribution in [-0.4, -0.2) is 23.3 Å². The topological polar surface area (TPSA) is 63.6 Å². The van der Waals surface area contributed by atoms with Crippen molar-refractivity contribution < 1.29 is 9.53 Å². The molecule has 1 rings (SSSR count). The van der Waals surface area contributed by atoms with Gasteiger partial charge in [-0.15, -0.1) is 11.3 Å². The third kappa shape index (κ3) is 3.67. The highest BCUT2D eigenvalue weighted by molar-refractivity contribution is 7.13. The molecule has 0 fully saturated rings. The van der Waals surface area contributed by atoms with Crippen molar-refractivity contribution in [2.45, 2.75) is 20.8 Å². The molecule has 0 aliphatic heterocycles. The third-order valence-corrected chi connectivity index (χ3v) is 2.37. The van der Waals surface area contributed by atoms with E-state index in [9.17, 15) is 4.79 Å². The van der Waals surface area contributed by atoms with Crippen molar-refractivity contribution in [3.8, 4) is 0 Å². The molecule has 0 spiro atoms. The number of hydrogen-bond donors (Lipinski definition) is 1. The molecule has 6 heteroatoms. The van der Waals surface area contributed by atoms with Crippen LogP contribution in [0.5, 0.6) is 0 Å². The maximum absolute atomic E-state index is 11.2. The lowest BCUT2D eigenvalue weighted by atomic mass is 10.4. The molecular formula is C9H13N3O2S. The van der Waals surface area contributed by atoms with Gasteiger partial charge in [0.1, 0.15) is 5.71 Å². The van der Waals surface area contributed by atoms with Crippen LogP contribution in [0, 0.1) is 6.92 Å². The number of aromatic nitrogens is 1. The van der Waals surface area contributed by atoms with Crippen molar-refractivity contribution in [1.82, 2.24) is 4.98 Å². The molecule has 1 aromatic heterocycles. The summed E-state index contributed by atoms with van der Waals surface area (Å²) < 4.78 is 4.77. The monoisotopic (exact) mass is 227 g/mol. The molecule has 0 amide bonds. The zero-order chi connectivity index (χ0) is 11.3. The summed E-state index contributed by atoms with van der Waals surface area (Å²) in [6, 6.07) is 0. The van der Waals surface area contributed by atoms with Gasteiger partial charge in [-0.05, 0) is 20.8 Å². The summed E-state index contributed by atoms with van der Waals surface area (Å²) in [5.74, 6) is -0.418. The summed E-state index contributed by atoms with van der Waals surface area (Å²) in [5.41, 5.74) is 3.90. The van der Waals surface area contributed by atoms with E-state index in [0.29, 0.717) is 11.7 Å². The van der Waals surface area contributed by atoms with Gasteiger partial charge in [-0.1, -0.05) is 0 Å². The van der Waals surface area contributed by atoms with Gasteiger partial charge in [-0.2, -0.15) is 5.10 Å². The van der Waals surface area contributed by atoms with Crippen LogP contribution in [0.2, 0.25) is 0 Å². The van der Waals surface area contributed by atoms with Crippen LogP contribution in [0.25, 0.3) is 0 Å². The van der Waals surface area contributed by atoms with E-state index in [1.54, 1.807) is 13.8 Å². The smallest absolute Gasteiger partial charge is 0.354 e. The van der Waals surface area contributed by atoms with E-state index < -0.39 is 5.97 Å². The summed E-state index contributed by atoms with van der Waals surface area (Å²) in [5, 5.41) is 6.43. The molecule has 0 saturated carbocycles. The largest absolute Gasteiger partial charge is 0.461 e. The molecule has 5 nitrogen and oxygen atoms in total. The number of carbonyl (C=O) groups is 1. The molecule has 0 bridgehead atoms. The summed E-state index contributed by atoms with van der Waals surface area (Å²) in [6.45, 7) is 5.58. The van der Waals surface area contributed by atoms with E-state index in [0.717, 1.165) is 5.69 Å². The number of rotatable bonds is 4. The Labute approximate surface area is 92.2 Å². The normalized spacial score (nSPS) is 11.3. The minimum absolute atomic E-state index is 0.282. The van der Waals surface area contributed by atoms with Gasteiger partial charge in [0.25, 0.3) is 0 Å². The predicted molar refractivity (Wildman–Crippen MR) is 60.2 cm³/mol. The van der Waals surface area contributed by atoms with Gasteiger partial charge in [0.05, 0.1) is 12.3 Å². The lowest BCUT2D eigenvalue weighted by Gasteiger charge is -2.00. The lowest BCUT2D eigenvalue weighted by molar-refractivity contribution is -0.135. The molecule has 0 radical (unpaired) electrons. The standard InChI is InChI=1S/C9H13N3O2S/c1-4-14-8(13)7(3)11-12-9-10-6(2)5-15-9/h5H,4H2,1-3H3,(H,10,12)/b11-7+. The van der Waals surface area contributed by atoms with E-state index in [2.05, 4.69) is 15.5 Å². The number of nitrogens with zero attached hydrogens (tertiary/aromatic N) is 2. The van der Waals surface area contributed by atoms with E-state index >= 15 is 0 Å². The van der Waals surface area contributed by atoms with Crippen molar-refractivity contribution in [3.05, 3.63) is 11.1 Å². The Morgan fingerprint density at radius 2 is 2.47 bits per heavy atom. The first-order valence-corrected chi connectivity index (χ1v) is 5.41. The number of ether oxygens (including phenoxy) is 1. The Balaban J connectivity index is 2.53. The predicted octanol–water partition coefficient (Wildman–Crippen LogP) is 1.80. The SMILES string of the molecule is CCOC(=O)/C(C)=N/Nc1nc(C)cs1. The Morgan fingerprint density at radius 3 is 3.00 bits per heavy atom. The molecule has 0 aliphatic carbocycles. The molecule has 82 valence electrons. The van der Waals surface area contributed by atoms with Crippen LogP contribution in [0.1, 0.15) is 19.5 Å². The first-order valence-electron chi connectivity index (χ1n) is 4.53. The number of anilines is 1. The van der Waals surface area contributed by atoms with Crippen molar-refractivity contribution in [2.75, 3.05) is 12.0 Å². The summed E-state index contributed by atoms with van der Waals surface area (Å²) >= 11 is 1.44. The van der Waals surface area contributed by atoms with Crippen LogP contribution in [-0.2, 0) is 9.53 Å². The van der Waals surface area contributed by atoms with E-state index in [1.165, 1.54) is 11.3 Å². The van der Waals surface area contributed by atoms with Gasteiger partial charge in [0, 0.05) is 5.38 Å². The Bertz CT molecular complexity index is 373. The zero-order valence-corrected chi connectivity index (χ0v) is 9.72. The maximum Gasteiger partial charge on any atom is 0.354 e. The number of hydrazone groups is 1. The second-order valence-electron chi connectivity index (χ2n) is 2.82. The highest BCUT2D eigenvalue weighted by Crippen LogP contribution is 2.13. The van der Waals surface area contributed by atoms with E-state index in [1.807, 2.05) is 12.3 Å². The first-order chi connectivity index (χ1) is 7.13. The van der Waals surface area contributed by atoms with Gasteiger partial charge in [0.2, 0.25) is 5.13 Å². The average molecular weight is 227 g/mol. The van der Waals surface area contributed by atoms with Gasteiger partial charge in [-0.3, -0.25) is 5.43 Å². The fourth-order valence-electron chi connectivity index (χ4n) is 0.818. The van der Waals surface area contributed by atoms with Crippen LogP contribution in [0.15, 0.2) is 10.5 Å². The van der Waals surface area contributed by atoms with Crippen molar-refractivity contribution in [2.24, 2.45) is 5.10 Å². The number of esters is 1. The Hall–Kier alpha value is -1.43. The zero-order valence-electron chi connectivity index (χ0n) is 8.90. The number of aryl methyl sites for hydroxylation is 1. The average Bonchev–Trinajstić information content (AvgIpc) is 2.61. The highest BCUT2D eigenvalue weighted by Gasteiger charge is 2.06. The molecule has 0 unspecified atom stereocenters. The second kappa shape index (κ2) is 5.45. The van der Waals surface area contributed by atoms with Gasteiger partial charge in [-0.25, -0.2) is 9.78 Å². The van der Waals surface area contributed by atoms with Crippen LogP contribution in [0.4, 0.5) is 5.13 Å². The molecule has 1 aromatic rings. The van der Waals surface area contributed by atoms with Crippen molar-refractivity contribution >= 4 is 28.1 Å². The lowest BCUT2D eigenvalue weighted by Crippen LogP contribution is -2.15.